The Hall–Kier alpha value is -2.78. The van der Waals surface area contributed by atoms with Gasteiger partial charge in [0.1, 0.15) is 23.3 Å². The normalized spacial score (nSPS) is 32.5. The molecule has 11 heteroatoms. The molecule has 32 heavy (non-hydrogen) atoms. The van der Waals surface area contributed by atoms with E-state index in [4.69, 9.17) is 10.5 Å². The summed E-state index contributed by atoms with van der Waals surface area (Å²) in [5, 5.41) is 34.1. The summed E-state index contributed by atoms with van der Waals surface area (Å²) in [5.41, 5.74) is 5.44. The minimum absolute atomic E-state index is 0.0790. The van der Waals surface area contributed by atoms with Gasteiger partial charge in [-0.3, -0.25) is 9.36 Å². The number of aromatic nitrogens is 4. The SMILES string of the molecule is CCNC(=O)[C@H]1O[C@@H](n2cnc3c(N)nc(C#C[C@]4(O)CCC[C@H](C)C4)nc32)[C@H](O)[C@@H]1O. The lowest BCUT2D eigenvalue weighted by Crippen LogP contribution is -2.42. The molecule has 6 atom stereocenters. The van der Waals surface area contributed by atoms with Gasteiger partial charge in [0.2, 0.25) is 5.82 Å². The zero-order valence-corrected chi connectivity index (χ0v) is 18.0. The molecule has 1 amide bonds. The maximum absolute atomic E-state index is 12.2. The van der Waals surface area contributed by atoms with Crippen molar-refractivity contribution in [3.63, 3.8) is 0 Å². The third kappa shape index (κ3) is 4.14. The van der Waals surface area contributed by atoms with Gasteiger partial charge in [-0.1, -0.05) is 19.3 Å². The van der Waals surface area contributed by atoms with Crippen LogP contribution < -0.4 is 11.1 Å². The molecule has 1 saturated heterocycles. The van der Waals surface area contributed by atoms with Crippen LogP contribution in [-0.2, 0) is 9.53 Å². The Bertz CT molecular complexity index is 1080. The maximum atomic E-state index is 12.2. The van der Waals surface area contributed by atoms with Crippen LogP contribution >= 0.6 is 0 Å². The number of aliphatic hydroxyl groups excluding tert-OH is 2. The number of nitrogen functional groups attached to an aromatic ring is 1. The van der Waals surface area contributed by atoms with E-state index in [0.29, 0.717) is 25.3 Å². The lowest BCUT2D eigenvalue weighted by Gasteiger charge is -2.30. The Morgan fingerprint density at radius 3 is 2.91 bits per heavy atom. The van der Waals surface area contributed by atoms with Crippen LogP contribution in [0.1, 0.15) is 51.6 Å². The molecule has 2 aliphatic rings. The van der Waals surface area contributed by atoms with Crippen molar-refractivity contribution < 1.29 is 24.9 Å². The third-order valence-corrected chi connectivity index (χ3v) is 5.95. The summed E-state index contributed by atoms with van der Waals surface area (Å²) in [5.74, 6) is 5.74. The predicted molar refractivity (Wildman–Crippen MR) is 114 cm³/mol. The summed E-state index contributed by atoms with van der Waals surface area (Å²) >= 11 is 0. The highest BCUT2D eigenvalue weighted by Crippen LogP contribution is 2.33. The van der Waals surface area contributed by atoms with Gasteiger partial charge in [0.25, 0.3) is 5.91 Å². The molecule has 172 valence electrons. The molecule has 1 aliphatic carbocycles. The fourth-order valence-corrected chi connectivity index (χ4v) is 4.37. The number of nitrogens with two attached hydrogens (primary N) is 1. The lowest BCUT2D eigenvalue weighted by atomic mass is 9.79. The number of hydrogen-bond donors (Lipinski definition) is 5. The van der Waals surface area contributed by atoms with E-state index in [1.54, 1.807) is 6.92 Å². The van der Waals surface area contributed by atoms with Crippen LogP contribution in [0.25, 0.3) is 11.2 Å². The second kappa shape index (κ2) is 8.63. The Labute approximate surface area is 185 Å². The third-order valence-electron chi connectivity index (χ3n) is 5.95. The molecule has 0 aromatic carbocycles. The molecule has 11 nitrogen and oxygen atoms in total. The predicted octanol–water partition coefficient (Wildman–Crippen LogP) is -0.543. The van der Waals surface area contributed by atoms with E-state index in [-0.39, 0.29) is 22.8 Å². The molecule has 0 unspecified atom stereocenters. The monoisotopic (exact) mass is 444 g/mol. The molecular weight excluding hydrogens is 416 g/mol. The van der Waals surface area contributed by atoms with Crippen LogP contribution in [0.5, 0.6) is 0 Å². The minimum atomic E-state index is -1.43. The van der Waals surface area contributed by atoms with Gasteiger partial charge in [0, 0.05) is 6.54 Å². The lowest BCUT2D eigenvalue weighted by molar-refractivity contribution is -0.137. The summed E-state index contributed by atoms with van der Waals surface area (Å²) in [6.07, 6.45) is -0.699. The Balaban J connectivity index is 1.66. The van der Waals surface area contributed by atoms with E-state index in [1.165, 1.54) is 10.9 Å². The fraction of sp³-hybridized carbons (Fsp3) is 0.619. The number of carbonyl (C=O) groups excluding carboxylic acids is 1. The van der Waals surface area contributed by atoms with Crippen LogP contribution in [0.4, 0.5) is 5.82 Å². The van der Waals surface area contributed by atoms with Gasteiger partial charge in [-0.15, -0.1) is 0 Å². The molecular formula is C21H28N6O5. The van der Waals surface area contributed by atoms with Crippen molar-refractivity contribution in [3.8, 4) is 11.8 Å². The molecule has 1 saturated carbocycles. The van der Waals surface area contributed by atoms with Crippen molar-refractivity contribution in [3.05, 3.63) is 12.2 Å². The van der Waals surface area contributed by atoms with Crippen molar-refractivity contribution in [2.45, 2.75) is 69.7 Å². The molecule has 3 heterocycles. The average molecular weight is 444 g/mol. The van der Waals surface area contributed by atoms with Crippen molar-refractivity contribution >= 4 is 22.9 Å². The summed E-state index contributed by atoms with van der Waals surface area (Å²) < 4.78 is 7.04. The van der Waals surface area contributed by atoms with Gasteiger partial charge in [-0.05, 0) is 38.0 Å². The van der Waals surface area contributed by atoms with E-state index >= 15 is 0 Å². The summed E-state index contributed by atoms with van der Waals surface area (Å²) in [4.78, 5) is 24.9. The Morgan fingerprint density at radius 1 is 1.41 bits per heavy atom. The number of hydrogen-bond acceptors (Lipinski definition) is 9. The van der Waals surface area contributed by atoms with Crippen molar-refractivity contribution in [1.29, 1.82) is 0 Å². The average Bonchev–Trinajstić information content (AvgIpc) is 3.28. The zero-order valence-electron chi connectivity index (χ0n) is 18.0. The number of fused-ring (bicyclic) bond motifs is 1. The number of amides is 1. The molecule has 6 N–H and O–H groups in total. The number of nitrogens with one attached hydrogen (secondary N) is 1. The highest BCUT2D eigenvalue weighted by atomic mass is 16.6. The molecule has 2 aromatic rings. The number of aliphatic hydroxyl groups is 3. The topological polar surface area (TPSA) is 169 Å². The van der Waals surface area contributed by atoms with Crippen LogP contribution in [0.3, 0.4) is 0 Å². The smallest absolute Gasteiger partial charge is 0.252 e. The highest BCUT2D eigenvalue weighted by Gasteiger charge is 2.47. The molecule has 1 aliphatic heterocycles. The number of rotatable bonds is 3. The van der Waals surface area contributed by atoms with Crippen LogP contribution in [0.2, 0.25) is 0 Å². The Kier molecular flexibility index (Phi) is 6.05. The maximum Gasteiger partial charge on any atom is 0.252 e. The van der Waals surface area contributed by atoms with Gasteiger partial charge in [0.15, 0.2) is 23.8 Å². The largest absolute Gasteiger partial charge is 0.387 e. The van der Waals surface area contributed by atoms with E-state index in [0.717, 1.165) is 12.8 Å². The van der Waals surface area contributed by atoms with E-state index < -0.39 is 36.0 Å². The standard InChI is InChI=1S/C21H28N6O5/c1-3-23-19(30)16-14(28)15(29)20(32-16)27-10-24-13-17(22)25-12(26-18(13)27)6-8-21(31)7-4-5-11(2)9-21/h10-11,14-16,20,28-29,31H,3-5,7,9H2,1-2H3,(H,23,30)(H2,22,25,26)/t11-,14-,15+,16-,20+,21+/m0/s1. The van der Waals surface area contributed by atoms with Crippen molar-refractivity contribution in [2.75, 3.05) is 12.3 Å². The first-order valence-corrected chi connectivity index (χ1v) is 10.8. The van der Waals surface area contributed by atoms with Crippen molar-refractivity contribution in [2.24, 2.45) is 5.92 Å². The first-order chi connectivity index (χ1) is 15.2. The van der Waals surface area contributed by atoms with Crippen LogP contribution in [0.15, 0.2) is 6.33 Å². The number of carbonyl (C=O) groups is 1. The van der Waals surface area contributed by atoms with Gasteiger partial charge in [-0.2, -0.15) is 0 Å². The van der Waals surface area contributed by atoms with Gasteiger partial charge in [0.05, 0.1) is 6.33 Å². The minimum Gasteiger partial charge on any atom is -0.387 e. The molecule has 0 spiro atoms. The molecule has 0 bridgehead atoms. The first-order valence-electron chi connectivity index (χ1n) is 10.8. The zero-order chi connectivity index (χ0) is 23.0. The van der Waals surface area contributed by atoms with Crippen molar-refractivity contribution in [1.82, 2.24) is 24.8 Å². The number of anilines is 1. The summed E-state index contributed by atoms with van der Waals surface area (Å²) in [6.45, 7) is 4.18. The van der Waals surface area contributed by atoms with E-state index in [9.17, 15) is 20.1 Å². The van der Waals surface area contributed by atoms with Gasteiger partial charge in [-0.25, -0.2) is 15.0 Å². The molecule has 2 fully saturated rings. The number of imidazole rings is 1. The number of ether oxygens (including phenoxy) is 1. The summed E-state index contributed by atoms with van der Waals surface area (Å²) in [6, 6.07) is 0. The Morgan fingerprint density at radius 2 is 2.19 bits per heavy atom. The molecule has 2 aromatic heterocycles. The summed E-state index contributed by atoms with van der Waals surface area (Å²) in [7, 11) is 0. The molecule has 0 radical (unpaired) electrons. The second-order valence-corrected chi connectivity index (χ2v) is 8.56. The first kappa shape index (κ1) is 22.4. The van der Waals surface area contributed by atoms with Crippen LogP contribution in [0, 0.1) is 17.8 Å². The van der Waals surface area contributed by atoms with Crippen LogP contribution in [-0.4, -0.2) is 71.2 Å². The molecule has 4 rings (SSSR count). The fourth-order valence-electron chi connectivity index (χ4n) is 4.37. The highest BCUT2D eigenvalue weighted by molar-refractivity contribution is 5.83. The van der Waals surface area contributed by atoms with Gasteiger partial charge < -0.3 is 31.1 Å². The van der Waals surface area contributed by atoms with E-state index in [2.05, 4.69) is 39.0 Å². The van der Waals surface area contributed by atoms with E-state index in [1.807, 2.05) is 0 Å². The van der Waals surface area contributed by atoms with Gasteiger partial charge >= 0.3 is 0 Å². The number of likely N-dealkylation sites (N-methyl/N-ethyl adjacent to an activating group) is 1. The quantitative estimate of drug-likeness (QED) is 0.390. The number of nitrogens with zero attached hydrogens (tertiary/aromatic N) is 4. The second-order valence-electron chi connectivity index (χ2n) is 8.56.